The van der Waals surface area contributed by atoms with Gasteiger partial charge >= 0.3 is 5.97 Å². The van der Waals surface area contributed by atoms with E-state index in [-0.39, 0.29) is 6.42 Å². The van der Waals surface area contributed by atoms with Crippen LogP contribution in [0.25, 0.3) is 11.0 Å². The van der Waals surface area contributed by atoms with Crippen molar-refractivity contribution >= 4 is 28.6 Å². The van der Waals surface area contributed by atoms with Gasteiger partial charge in [-0.25, -0.2) is 9.37 Å². The van der Waals surface area contributed by atoms with Crippen molar-refractivity contribution < 1.29 is 13.9 Å². The fraction of sp³-hybridized carbons (Fsp3) is 0.222. The molecule has 25 heavy (non-hydrogen) atoms. The van der Waals surface area contributed by atoms with Gasteiger partial charge in [0.15, 0.2) is 0 Å². The summed E-state index contributed by atoms with van der Waals surface area (Å²) < 4.78 is 18.8. The molecule has 5 nitrogen and oxygen atoms in total. The van der Waals surface area contributed by atoms with E-state index in [9.17, 15) is 9.18 Å². The number of carbonyl (C=O) groups excluding carboxylic acids is 1. The zero-order valence-corrected chi connectivity index (χ0v) is 14.3. The van der Waals surface area contributed by atoms with Crippen molar-refractivity contribution in [2.75, 3.05) is 7.11 Å². The summed E-state index contributed by atoms with van der Waals surface area (Å²) in [5.41, 5.74) is 2.11. The van der Waals surface area contributed by atoms with E-state index in [4.69, 9.17) is 16.3 Å². The van der Waals surface area contributed by atoms with Crippen LogP contribution in [0.1, 0.15) is 11.1 Å². The Hall–Kier alpha value is -2.44. The average molecular weight is 362 g/mol. The standard InChI is InChI=1S/C18H17ClFN3O2/c1-25-18(24)16(9-12-8-13(19)2-3-15(12)20)23-10-11-4-6-21-17-14(11)5-7-22-17/h2-8,16,23H,9-10H2,1H3,(H,21,22)/t16-/m0/s1. The van der Waals surface area contributed by atoms with E-state index < -0.39 is 17.8 Å². The maximum atomic E-state index is 14.0. The molecule has 2 aromatic heterocycles. The molecule has 3 rings (SSSR count). The number of H-pyrrole nitrogens is 1. The fourth-order valence-electron chi connectivity index (χ4n) is 2.71. The summed E-state index contributed by atoms with van der Waals surface area (Å²) in [6.07, 6.45) is 3.64. The number of pyridine rings is 1. The Balaban J connectivity index is 1.78. The number of rotatable bonds is 6. The van der Waals surface area contributed by atoms with E-state index in [1.54, 1.807) is 12.4 Å². The number of methoxy groups -OCH3 is 1. The van der Waals surface area contributed by atoms with Crippen molar-refractivity contribution in [2.24, 2.45) is 0 Å². The number of hydrogen-bond acceptors (Lipinski definition) is 4. The highest BCUT2D eigenvalue weighted by Crippen LogP contribution is 2.18. The van der Waals surface area contributed by atoms with E-state index in [0.717, 1.165) is 16.6 Å². The van der Waals surface area contributed by atoms with Gasteiger partial charge in [0, 0.05) is 35.8 Å². The van der Waals surface area contributed by atoms with Gasteiger partial charge in [-0.15, -0.1) is 0 Å². The smallest absolute Gasteiger partial charge is 0.323 e. The van der Waals surface area contributed by atoms with Crippen LogP contribution < -0.4 is 5.32 Å². The first-order chi connectivity index (χ1) is 12.1. The number of hydrogen-bond donors (Lipinski definition) is 2. The molecule has 1 aromatic carbocycles. The summed E-state index contributed by atoms with van der Waals surface area (Å²) in [5.74, 6) is -0.865. The third-order valence-corrected chi connectivity index (χ3v) is 4.24. The Morgan fingerprint density at radius 3 is 3.00 bits per heavy atom. The largest absolute Gasteiger partial charge is 0.468 e. The van der Waals surface area contributed by atoms with E-state index in [2.05, 4.69) is 15.3 Å². The minimum Gasteiger partial charge on any atom is -0.468 e. The van der Waals surface area contributed by atoms with Crippen LogP contribution in [0.2, 0.25) is 5.02 Å². The van der Waals surface area contributed by atoms with Gasteiger partial charge in [0.05, 0.1) is 7.11 Å². The number of fused-ring (bicyclic) bond motifs is 1. The number of nitrogens with one attached hydrogen (secondary N) is 2. The summed E-state index contributed by atoms with van der Waals surface area (Å²) in [5, 5.41) is 4.52. The molecule has 0 fully saturated rings. The number of aromatic amines is 1. The molecule has 0 amide bonds. The van der Waals surface area contributed by atoms with E-state index in [0.29, 0.717) is 17.1 Å². The lowest BCUT2D eigenvalue weighted by Crippen LogP contribution is -2.39. The van der Waals surface area contributed by atoms with Gasteiger partial charge in [0.25, 0.3) is 0 Å². The van der Waals surface area contributed by atoms with Crippen molar-refractivity contribution in [1.82, 2.24) is 15.3 Å². The molecule has 0 aliphatic heterocycles. The lowest BCUT2D eigenvalue weighted by atomic mass is 10.0. The van der Waals surface area contributed by atoms with Crippen LogP contribution in [0.4, 0.5) is 4.39 Å². The minimum atomic E-state index is -0.694. The molecule has 0 radical (unpaired) electrons. The zero-order valence-electron chi connectivity index (χ0n) is 13.6. The van der Waals surface area contributed by atoms with Crippen molar-refractivity contribution in [1.29, 1.82) is 0 Å². The lowest BCUT2D eigenvalue weighted by Gasteiger charge is -2.17. The molecule has 0 saturated carbocycles. The number of nitrogens with zero attached hydrogens (tertiary/aromatic N) is 1. The van der Waals surface area contributed by atoms with Crippen LogP contribution in [0.5, 0.6) is 0 Å². The second kappa shape index (κ2) is 7.63. The number of carbonyl (C=O) groups is 1. The van der Waals surface area contributed by atoms with Crippen molar-refractivity contribution in [2.45, 2.75) is 19.0 Å². The summed E-state index contributed by atoms with van der Waals surface area (Å²) in [6, 6.07) is 7.38. The summed E-state index contributed by atoms with van der Waals surface area (Å²) in [7, 11) is 1.31. The maximum Gasteiger partial charge on any atom is 0.323 e. The molecule has 0 saturated heterocycles. The van der Waals surface area contributed by atoms with Gasteiger partial charge in [0.2, 0.25) is 0 Å². The van der Waals surface area contributed by atoms with Crippen LogP contribution in [0.3, 0.4) is 0 Å². The van der Waals surface area contributed by atoms with Crippen LogP contribution in [0, 0.1) is 5.82 Å². The Labute approximate surface area is 149 Å². The van der Waals surface area contributed by atoms with Crippen LogP contribution in [0.15, 0.2) is 42.7 Å². The number of benzene rings is 1. The third-order valence-electron chi connectivity index (χ3n) is 4.01. The molecule has 7 heteroatoms. The molecule has 0 spiro atoms. The van der Waals surface area contributed by atoms with Gasteiger partial charge < -0.3 is 9.72 Å². The van der Waals surface area contributed by atoms with Gasteiger partial charge in [0.1, 0.15) is 17.5 Å². The summed E-state index contributed by atoms with van der Waals surface area (Å²) >= 11 is 5.93. The highest BCUT2D eigenvalue weighted by molar-refractivity contribution is 6.30. The Morgan fingerprint density at radius 1 is 1.36 bits per heavy atom. The van der Waals surface area contributed by atoms with E-state index in [1.807, 2.05) is 12.1 Å². The Kier molecular flexibility index (Phi) is 5.31. The topological polar surface area (TPSA) is 67.0 Å². The van der Waals surface area contributed by atoms with Crippen LogP contribution >= 0.6 is 11.6 Å². The van der Waals surface area contributed by atoms with Gasteiger partial charge in [-0.3, -0.25) is 10.1 Å². The second-order valence-corrected chi connectivity index (χ2v) is 6.04. The fourth-order valence-corrected chi connectivity index (χ4v) is 2.90. The molecular formula is C18H17ClFN3O2. The molecule has 0 bridgehead atoms. The van der Waals surface area contributed by atoms with E-state index >= 15 is 0 Å². The highest BCUT2D eigenvalue weighted by Gasteiger charge is 2.21. The van der Waals surface area contributed by atoms with Crippen molar-refractivity contribution in [3.63, 3.8) is 0 Å². The van der Waals surface area contributed by atoms with Crippen LogP contribution in [-0.4, -0.2) is 29.1 Å². The first-order valence-electron chi connectivity index (χ1n) is 7.74. The van der Waals surface area contributed by atoms with Gasteiger partial charge in [-0.05, 0) is 41.5 Å². The SMILES string of the molecule is COC(=O)[C@H](Cc1cc(Cl)ccc1F)NCc1ccnc2[nH]ccc12. The molecule has 2 heterocycles. The summed E-state index contributed by atoms with van der Waals surface area (Å²) in [6.45, 7) is 0.416. The van der Waals surface area contributed by atoms with Gasteiger partial charge in [-0.2, -0.15) is 0 Å². The molecule has 0 aliphatic rings. The molecular weight excluding hydrogens is 345 g/mol. The van der Waals surface area contributed by atoms with Crippen molar-refractivity contribution in [3.05, 3.63) is 64.7 Å². The Bertz CT molecular complexity index is 897. The average Bonchev–Trinajstić information content (AvgIpc) is 3.10. The highest BCUT2D eigenvalue weighted by atomic mass is 35.5. The molecule has 130 valence electrons. The molecule has 1 atom stereocenters. The normalized spacial score (nSPS) is 12.3. The first-order valence-corrected chi connectivity index (χ1v) is 8.12. The van der Waals surface area contributed by atoms with E-state index in [1.165, 1.54) is 25.3 Å². The molecule has 0 aliphatic carbocycles. The number of esters is 1. The molecule has 0 unspecified atom stereocenters. The zero-order chi connectivity index (χ0) is 17.8. The predicted octanol–water partition coefficient (Wildman–Crippen LogP) is 3.23. The molecule has 2 N–H and O–H groups in total. The predicted molar refractivity (Wildman–Crippen MR) is 93.9 cm³/mol. The number of halogens is 2. The van der Waals surface area contributed by atoms with Crippen molar-refractivity contribution in [3.8, 4) is 0 Å². The number of aromatic nitrogens is 2. The first kappa shape index (κ1) is 17.4. The molecule has 3 aromatic rings. The second-order valence-electron chi connectivity index (χ2n) is 5.61. The number of ether oxygens (including phenoxy) is 1. The monoisotopic (exact) mass is 361 g/mol. The summed E-state index contributed by atoms with van der Waals surface area (Å²) in [4.78, 5) is 19.4. The van der Waals surface area contributed by atoms with Gasteiger partial charge in [-0.1, -0.05) is 11.6 Å². The quantitative estimate of drug-likeness (QED) is 0.661. The maximum absolute atomic E-state index is 14.0. The minimum absolute atomic E-state index is 0.139. The Morgan fingerprint density at radius 2 is 2.20 bits per heavy atom. The third kappa shape index (κ3) is 3.97. The lowest BCUT2D eigenvalue weighted by molar-refractivity contribution is -0.143. The van der Waals surface area contributed by atoms with Crippen LogP contribution in [-0.2, 0) is 22.5 Å².